The van der Waals surface area contributed by atoms with Crippen molar-refractivity contribution in [3.8, 4) is 5.75 Å². The Balaban J connectivity index is 2.24. The summed E-state index contributed by atoms with van der Waals surface area (Å²) in [6.45, 7) is 0. The van der Waals surface area contributed by atoms with E-state index in [1.165, 1.54) is 7.11 Å². The largest absolute Gasteiger partial charge is 0.497 e. The van der Waals surface area contributed by atoms with Crippen LogP contribution in [0, 0.1) is 0 Å². The number of benzene rings is 2. The van der Waals surface area contributed by atoms with E-state index in [1.54, 1.807) is 36.4 Å². The molecule has 0 unspecified atom stereocenters. The molecule has 0 aliphatic rings. The average Bonchev–Trinajstić information content (AvgIpc) is 2.53. The molecule has 0 saturated heterocycles. The molecule has 0 N–H and O–H groups in total. The highest BCUT2D eigenvalue weighted by molar-refractivity contribution is 9.08. The van der Waals surface area contributed by atoms with E-state index < -0.39 is 11.6 Å². The SMILES string of the molecule is COc1cccc(C(=O)C(=O)c2ccc(CBr)cc2)c1. The zero-order valence-electron chi connectivity index (χ0n) is 10.9. The van der Waals surface area contributed by atoms with Gasteiger partial charge in [0.1, 0.15) is 5.75 Å². The molecule has 0 radical (unpaired) electrons. The summed E-state index contributed by atoms with van der Waals surface area (Å²) in [7, 11) is 1.52. The average molecular weight is 333 g/mol. The van der Waals surface area contributed by atoms with Crippen LogP contribution in [-0.4, -0.2) is 18.7 Å². The van der Waals surface area contributed by atoms with E-state index in [-0.39, 0.29) is 0 Å². The van der Waals surface area contributed by atoms with Crippen LogP contribution in [0.2, 0.25) is 0 Å². The molecule has 0 atom stereocenters. The van der Waals surface area contributed by atoms with Crippen molar-refractivity contribution in [1.29, 1.82) is 0 Å². The number of hydrogen-bond acceptors (Lipinski definition) is 3. The van der Waals surface area contributed by atoms with E-state index >= 15 is 0 Å². The fourth-order valence-electron chi connectivity index (χ4n) is 1.77. The van der Waals surface area contributed by atoms with Crippen LogP contribution >= 0.6 is 15.9 Å². The van der Waals surface area contributed by atoms with Gasteiger partial charge in [-0.1, -0.05) is 52.3 Å². The van der Waals surface area contributed by atoms with Crippen LogP contribution < -0.4 is 4.74 Å². The van der Waals surface area contributed by atoms with Crippen molar-refractivity contribution >= 4 is 27.5 Å². The van der Waals surface area contributed by atoms with Crippen LogP contribution in [0.5, 0.6) is 5.75 Å². The fraction of sp³-hybridized carbons (Fsp3) is 0.125. The minimum absolute atomic E-state index is 0.332. The van der Waals surface area contributed by atoms with Gasteiger partial charge in [-0.15, -0.1) is 0 Å². The van der Waals surface area contributed by atoms with Crippen molar-refractivity contribution in [3.63, 3.8) is 0 Å². The van der Waals surface area contributed by atoms with Gasteiger partial charge in [-0.25, -0.2) is 0 Å². The molecule has 0 aliphatic carbocycles. The molecule has 0 spiro atoms. The van der Waals surface area contributed by atoms with Gasteiger partial charge in [-0.2, -0.15) is 0 Å². The van der Waals surface area contributed by atoms with Crippen LogP contribution in [0.4, 0.5) is 0 Å². The minimum atomic E-state index is -0.532. The summed E-state index contributed by atoms with van der Waals surface area (Å²) in [4.78, 5) is 24.3. The van der Waals surface area contributed by atoms with Crippen molar-refractivity contribution in [2.75, 3.05) is 7.11 Å². The first-order chi connectivity index (χ1) is 9.65. The van der Waals surface area contributed by atoms with Crippen molar-refractivity contribution in [1.82, 2.24) is 0 Å². The maximum atomic E-state index is 12.2. The van der Waals surface area contributed by atoms with E-state index in [0.29, 0.717) is 22.2 Å². The molecule has 0 bridgehead atoms. The molecule has 102 valence electrons. The number of halogens is 1. The lowest BCUT2D eigenvalue weighted by atomic mass is 10.0. The van der Waals surface area contributed by atoms with Crippen LogP contribution in [0.15, 0.2) is 48.5 Å². The third kappa shape index (κ3) is 3.14. The molecule has 2 rings (SSSR count). The summed E-state index contributed by atoms with van der Waals surface area (Å²) in [6.07, 6.45) is 0. The molecule has 0 aliphatic heterocycles. The third-order valence-electron chi connectivity index (χ3n) is 2.91. The van der Waals surface area contributed by atoms with Crippen molar-refractivity contribution < 1.29 is 14.3 Å². The first-order valence-corrected chi connectivity index (χ1v) is 7.16. The molecular weight excluding hydrogens is 320 g/mol. The highest BCUT2D eigenvalue weighted by atomic mass is 79.9. The molecule has 0 fully saturated rings. The van der Waals surface area contributed by atoms with Crippen LogP contribution in [0.1, 0.15) is 26.3 Å². The van der Waals surface area contributed by atoms with E-state index in [9.17, 15) is 9.59 Å². The van der Waals surface area contributed by atoms with E-state index in [2.05, 4.69) is 15.9 Å². The van der Waals surface area contributed by atoms with Gasteiger partial charge in [0.2, 0.25) is 11.6 Å². The summed E-state index contributed by atoms with van der Waals surface area (Å²) < 4.78 is 5.05. The highest BCUT2D eigenvalue weighted by Gasteiger charge is 2.18. The first kappa shape index (κ1) is 14.5. The number of rotatable bonds is 5. The van der Waals surface area contributed by atoms with Gasteiger partial charge in [-0.3, -0.25) is 9.59 Å². The topological polar surface area (TPSA) is 43.4 Å². The number of Topliss-reactive ketones (excluding diaryl/α,β-unsaturated/α-hetero) is 2. The smallest absolute Gasteiger partial charge is 0.233 e. The number of alkyl halides is 1. The lowest BCUT2D eigenvalue weighted by molar-refractivity contribution is 0.0817. The number of ether oxygens (including phenoxy) is 1. The Morgan fingerprint density at radius 3 is 2.25 bits per heavy atom. The number of methoxy groups -OCH3 is 1. The first-order valence-electron chi connectivity index (χ1n) is 6.03. The summed E-state index contributed by atoms with van der Waals surface area (Å²) in [5.41, 5.74) is 1.77. The number of carbonyl (C=O) groups is 2. The second-order valence-electron chi connectivity index (χ2n) is 4.22. The summed E-state index contributed by atoms with van der Waals surface area (Å²) >= 11 is 3.33. The second-order valence-corrected chi connectivity index (χ2v) is 4.78. The standard InChI is InChI=1S/C16H13BrO3/c1-20-14-4-2-3-13(9-14)16(19)15(18)12-7-5-11(10-17)6-8-12/h2-9H,10H2,1H3. The Morgan fingerprint density at radius 2 is 1.65 bits per heavy atom. The third-order valence-corrected chi connectivity index (χ3v) is 3.56. The maximum Gasteiger partial charge on any atom is 0.233 e. The second kappa shape index (κ2) is 6.48. The van der Waals surface area contributed by atoms with Crippen LogP contribution in [0.25, 0.3) is 0 Å². The highest BCUT2D eigenvalue weighted by Crippen LogP contribution is 2.16. The van der Waals surface area contributed by atoms with Crippen LogP contribution in [0.3, 0.4) is 0 Å². The van der Waals surface area contributed by atoms with Gasteiger partial charge in [0, 0.05) is 16.5 Å². The molecule has 2 aromatic rings. The Bertz CT molecular complexity index is 632. The van der Waals surface area contributed by atoms with E-state index in [4.69, 9.17) is 4.74 Å². The molecule has 2 aromatic carbocycles. The van der Waals surface area contributed by atoms with Gasteiger partial charge in [-0.05, 0) is 17.7 Å². The molecule has 0 amide bonds. The molecule has 20 heavy (non-hydrogen) atoms. The van der Waals surface area contributed by atoms with Gasteiger partial charge in [0.05, 0.1) is 7.11 Å². The van der Waals surface area contributed by atoms with Gasteiger partial charge in [0.25, 0.3) is 0 Å². The van der Waals surface area contributed by atoms with Crippen molar-refractivity contribution in [2.24, 2.45) is 0 Å². The minimum Gasteiger partial charge on any atom is -0.497 e. The van der Waals surface area contributed by atoms with E-state index in [1.807, 2.05) is 12.1 Å². The molecule has 4 heteroatoms. The summed E-state index contributed by atoms with van der Waals surface area (Å²) in [5.74, 6) is -0.492. The molecular formula is C16H13BrO3. The monoisotopic (exact) mass is 332 g/mol. The summed E-state index contributed by atoms with van der Waals surface area (Å²) in [6, 6.07) is 13.6. The molecule has 0 saturated carbocycles. The molecule has 3 nitrogen and oxygen atoms in total. The Labute approximate surface area is 125 Å². The number of carbonyl (C=O) groups excluding carboxylic acids is 2. The maximum absolute atomic E-state index is 12.2. The normalized spacial score (nSPS) is 10.1. The lowest BCUT2D eigenvalue weighted by Crippen LogP contribution is -2.14. The lowest BCUT2D eigenvalue weighted by Gasteiger charge is -2.04. The predicted octanol–water partition coefficient (Wildman–Crippen LogP) is 3.66. The van der Waals surface area contributed by atoms with Gasteiger partial charge < -0.3 is 4.74 Å². The molecule has 0 aromatic heterocycles. The van der Waals surface area contributed by atoms with Crippen molar-refractivity contribution in [2.45, 2.75) is 5.33 Å². The van der Waals surface area contributed by atoms with Gasteiger partial charge in [0.15, 0.2) is 0 Å². The summed E-state index contributed by atoms with van der Waals surface area (Å²) in [5, 5.41) is 0.714. The number of hydrogen-bond donors (Lipinski definition) is 0. The van der Waals surface area contributed by atoms with Crippen LogP contribution in [-0.2, 0) is 5.33 Å². The Morgan fingerprint density at radius 1 is 1.00 bits per heavy atom. The predicted molar refractivity (Wildman–Crippen MR) is 80.7 cm³/mol. The van der Waals surface area contributed by atoms with E-state index in [0.717, 1.165) is 5.56 Å². The zero-order chi connectivity index (χ0) is 14.5. The Hall–Kier alpha value is -1.94. The zero-order valence-corrected chi connectivity index (χ0v) is 12.5. The molecule has 0 heterocycles. The number of ketones is 2. The van der Waals surface area contributed by atoms with Crippen molar-refractivity contribution in [3.05, 3.63) is 65.2 Å². The Kier molecular flexibility index (Phi) is 4.69. The quantitative estimate of drug-likeness (QED) is 0.476. The fourth-order valence-corrected chi connectivity index (χ4v) is 2.15. The van der Waals surface area contributed by atoms with Gasteiger partial charge >= 0.3 is 0 Å².